The second-order valence-electron chi connectivity index (χ2n) is 4.49. The van der Waals surface area contributed by atoms with Gasteiger partial charge >= 0.3 is 0 Å². The van der Waals surface area contributed by atoms with Crippen molar-refractivity contribution in [2.24, 2.45) is 0 Å². The minimum atomic E-state index is -1.56. The largest absolute Gasteiger partial charge is 0.394 e. The van der Waals surface area contributed by atoms with Crippen molar-refractivity contribution in [2.45, 2.75) is 31.0 Å². The maximum absolute atomic E-state index is 11.2. The summed E-state index contributed by atoms with van der Waals surface area (Å²) >= 11 is 4.47. The van der Waals surface area contributed by atoms with Crippen LogP contribution in [0, 0.1) is 0 Å². The maximum atomic E-state index is 11.2. The Morgan fingerprint density at radius 1 is 1.63 bits per heavy atom. The van der Waals surface area contributed by atoms with Crippen LogP contribution in [0.4, 0.5) is 0 Å². The van der Waals surface area contributed by atoms with Gasteiger partial charge in [0.15, 0.2) is 6.23 Å². The SMILES string of the molecule is CN(/C=C\C(=O)NC=S)[C@@H]1OC(CO)[C@H](O)C1(C)O. The number of nitrogens with zero attached hydrogens (tertiary/aromatic N) is 1. The van der Waals surface area contributed by atoms with Crippen LogP contribution in [0.3, 0.4) is 0 Å². The molecule has 4 N–H and O–H groups in total. The van der Waals surface area contributed by atoms with Gasteiger partial charge in [-0.15, -0.1) is 0 Å². The van der Waals surface area contributed by atoms with E-state index in [4.69, 9.17) is 9.84 Å². The van der Waals surface area contributed by atoms with E-state index in [1.807, 2.05) is 0 Å². The molecule has 1 aliphatic heterocycles. The molecule has 0 spiro atoms. The molecule has 7 nitrogen and oxygen atoms in total. The Bertz CT molecular complexity index is 374. The Hall–Kier alpha value is -1.06. The number of amides is 1. The molecule has 8 heteroatoms. The molecule has 0 saturated carbocycles. The Kier molecular flexibility index (Phi) is 5.39. The van der Waals surface area contributed by atoms with E-state index in [0.717, 1.165) is 5.49 Å². The third-order valence-corrected chi connectivity index (χ3v) is 3.08. The second-order valence-corrected chi connectivity index (χ2v) is 4.72. The second kappa shape index (κ2) is 6.40. The molecule has 1 rings (SSSR count). The van der Waals surface area contributed by atoms with Gasteiger partial charge in [-0.05, 0) is 6.92 Å². The summed E-state index contributed by atoms with van der Waals surface area (Å²) in [4.78, 5) is 12.6. The average Bonchev–Trinajstić information content (AvgIpc) is 2.58. The van der Waals surface area contributed by atoms with Gasteiger partial charge in [0, 0.05) is 19.3 Å². The monoisotopic (exact) mass is 290 g/mol. The summed E-state index contributed by atoms with van der Waals surface area (Å²) in [5.74, 6) is -0.418. The van der Waals surface area contributed by atoms with Crippen molar-refractivity contribution in [1.82, 2.24) is 10.2 Å². The minimum Gasteiger partial charge on any atom is -0.394 e. The molecular formula is C11H18N2O5S. The fraction of sp³-hybridized carbons (Fsp3) is 0.636. The van der Waals surface area contributed by atoms with Crippen LogP contribution in [0.5, 0.6) is 0 Å². The van der Waals surface area contributed by atoms with Crippen LogP contribution in [-0.4, -0.2) is 69.3 Å². The van der Waals surface area contributed by atoms with Crippen molar-refractivity contribution < 1.29 is 24.9 Å². The number of carbonyl (C=O) groups excluding carboxylic acids is 1. The van der Waals surface area contributed by atoms with Crippen LogP contribution in [0.15, 0.2) is 12.3 Å². The first-order chi connectivity index (χ1) is 8.84. The number of likely N-dealkylation sites (N-methyl/N-ethyl adjacent to an activating group) is 1. The zero-order valence-electron chi connectivity index (χ0n) is 10.7. The van der Waals surface area contributed by atoms with Crippen molar-refractivity contribution in [3.8, 4) is 0 Å². The highest BCUT2D eigenvalue weighted by Gasteiger charge is 2.53. The molecular weight excluding hydrogens is 272 g/mol. The van der Waals surface area contributed by atoms with Crippen LogP contribution in [0.2, 0.25) is 0 Å². The summed E-state index contributed by atoms with van der Waals surface area (Å²) in [7, 11) is 1.58. The molecule has 1 fully saturated rings. The standard InChI is InChI=1S/C11H18N2O5S/c1-11(17)9(16)7(5-14)18-10(11)13(2)4-3-8(15)12-6-19/h3-4,6-7,9-10,14,16-17H,5H2,1-2H3,(H,12,15,19)/b4-3-/t7?,9-,10+,11?/m0/s1. The van der Waals surface area contributed by atoms with Crippen LogP contribution in [0.1, 0.15) is 6.92 Å². The fourth-order valence-electron chi connectivity index (χ4n) is 1.92. The average molecular weight is 290 g/mol. The van der Waals surface area contributed by atoms with E-state index < -0.39 is 36.6 Å². The molecule has 1 heterocycles. The Balaban J connectivity index is 2.74. The first kappa shape index (κ1) is 16.0. The molecule has 1 saturated heterocycles. The van der Waals surface area contributed by atoms with Crippen LogP contribution >= 0.6 is 12.2 Å². The lowest BCUT2D eigenvalue weighted by atomic mass is 9.96. The third kappa shape index (κ3) is 3.48. The predicted octanol–water partition coefficient (Wildman–Crippen LogP) is -1.67. The molecule has 0 aromatic rings. The van der Waals surface area contributed by atoms with Crippen LogP contribution < -0.4 is 5.32 Å². The molecule has 0 aliphatic carbocycles. The summed E-state index contributed by atoms with van der Waals surface area (Å²) in [6.07, 6.45) is -0.365. The highest BCUT2D eigenvalue weighted by Crippen LogP contribution is 2.32. The number of hydrogen-bond acceptors (Lipinski definition) is 7. The number of aliphatic hydroxyl groups is 3. The number of hydrogen-bond donors (Lipinski definition) is 4. The molecule has 1 aliphatic rings. The van der Waals surface area contributed by atoms with Crippen molar-refractivity contribution in [3.05, 3.63) is 12.3 Å². The highest BCUT2D eigenvalue weighted by atomic mass is 32.1. The summed E-state index contributed by atoms with van der Waals surface area (Å²) in [5, 5.41) is 31.3. The van der Waals surface area contributed by atoms with E-state index in [9.17, 15) is 15.0 Å². The number of carbonyl (C=O) groups is 1. The lowest BCUT2D eigenvalue weighted by Crippen LogP contribution is -2.50. The molecule has 1 amide bonds. The van der Waals surface area contributed by atoms with Gasteiger partial charge in [0.25, 0.3) is 0 Å². The van der Waals surface area contributed by atoms with Gasteiger partial charge in [0.1, 0.15) is 17.8 Å². The smallest absolute Gasteiger partial charge is 0.249 e. The van der Waals surface area contributed by atoms with Gasteiger partial charge < -0.3 is 30.3 Å². The minimum absolute atomic E-state index is 0.406. The predicted molar refractivity (Wildman–Crippen MR) is 71.1 cm³/mol. The lowest BCUT2D eigenvalue weighted by molar-refractivity contribution is -0.117. The van der Waals surface area contributed by atoms with Crippen molar-refractivity contribution in [1.29, 1.82) is 0 Å². The van der Waals surface area contributed by atoms with E-state index in [0.29, 0.717) is 0 Å². The van der Waals surface area contributed by atoms with Gasteiger partial charge in [-0.1, -0.05) is 12.2 Å². The lowest BCUT2D eigenvalue weighted by Gasteiger charge is -2.32. The van der Waals surface area contributed by atoms with Crippen molar-refractivity contribution in [3.63, 3.8) is 0 Å². The topological polar surface area (TPSA) is 102 Å². The molecule has 0 aromatic carbocycles. The molecule has 2 unspecified atom stereocenters. The number of thiocarbonyl (C=S) groups is 1. The molecule has 108 valence electrons. The van der Waals surface area contributed by atoms with E-state index in [1.54, 1.807) is 7.05 Å². The quantitative estimate of drug-likeness (QED) is 0.355. The normalized spacial score (nSPS) is 34.5. The van der Waals surface area contributed by atoms with Crippen molar-refractivity contribution >= 4 is 23.6 Å². The van der Waals surface area contributed by atoms with E-state index >= 15 is 0 Å². The summed E-state index contributed by atoms with van der Waals surface area (Å²) in [5.41, 5.74) is -0.479. The summed E-state index contributed by atoms with van der Waals surface area (Å²) in [6.45, 7) is 0.996. The number of ether oxygens (including phenoxy) is 1. The Morgan fingerprint density at radius 2 is 2.26 bits per heavy atom. The van der Waals surface area contributed by atoms with Crippen LogP contribution in [0.25, 0.3) is 0 Å². The van der Waals surface area contributed by atoms with Crippen molar-refractivity contribution in [2.75, 3.05) is 13.7 Å². The van der Waals surface area contributed by atoms with Gasteiger partial charge in [-0.2, -0.15) is 0 Å². The molecule has 0 bridgehead atoms. The number of rotatable bonds is 5. The van der Waals surface area contributed by atoms with E-state index in [1.165, 1.54) is 24.1 Å². The van der Waals surface area contributed by atoms with Gasteiger partial charge in [-0.3, -0.25) is 4.79 Å². The van der Waals surface area contributed by atoms with Gasteiger partial charge in [0.2, 0.25) is 5.91 Å². The van der Waals surface area contributed by atoms with Crippen LogP contribution in [-0.2, 0) is 9.53 Å². The molecule has 0 aromatic heterocycles. The fourth-order valence-corrected chi connectivity index (χ4v) is 2.04. The number of nitrogens with one attached hydrogen (secondary N) is 1. The maximum Gasteiger partial charge on any atom is 0.249 e. The van der Waals surface area contributed by atoms with Gasteiger partial charge in [-0.25, -0.2) is 0 Å². The molecule has 0 radical (unpaired) electrons. The Labute approximate surface area is 116 Å². The van der Waals surface area contributed by atoms with Gasteiger partial charge in [0.05, 0.1) is 12.1 Å². The highest BCUT2D eigenvalue weighted by molar-refractivity contribution is 7.78. The zero-order chi connectivity index (χ0) is 14.6. The number of aliphatic hydroxyl groups excluding tert-OH is 2. The van der Waals surface area contributed by atoms with E-state index in [2.05, 4.69) is 17.5 Å². The molecule has 19 heavy (non-hydrogen) atoms. The third-order valence-electron chi connectivity index (χ3n) is 2.97. The summed E-state index contributed by atoms with van der Waals surface area (Å²) in [6, 6.07) is 0. The summed E-state index contributed by atoms with van der Waals surface area (Å²) < 4.78 is 5.36. The van der Waals surface area contributed by atoms with E-state index in [-0.39, 0.29) is 0 Å². The zero-order valence-corrected chi connectivity index (χ0v) is 11.5. The molecule has 4 atom stereocenters. The first-order valence-electron chi connectivity index (χ1n) is 5.65. The Morgan fingerprint density at radius 3 is 2.74 bits per heavy atom. The first-order valence-corrected chi connectivity index (χ1v) is 6.12.